The maximum atomic E-state index is 13.9. The summed E-state index contributed by atoms with van der Waals surface area (Å²) >= 11 is 3.17. The van der Waals surface area contributed by atoms with E-state index in [1.165, 1.54) is 12.1 Å². The average Bonchev–Trinajstić information content (AvgIpc) is 3.09. The Hall–Kier alpha value is -2.74. The summed E-state index contributed by atoms with van der Waals surface area (Å²) in [6.45, 7) is 3.18. The van der Waals surface area contributed by atoms with E-state index in [2.05, 4.69) is 33.5 Å². The summed E-state index contributed by atoms with van der Waals surface area (Å²) in [5, 5.41) is 5.32. The van der Waals surface area contributed by atoms with Gasteiger partial charge in [0.1, 0.15) is 5.82 Å². The van der Waals surface area contributed by atoms with Crippen LogP contribution in [0.4, 0.5) is 15.8 Å². The second-order valence-corrected chi connectivity index (χ2v) is 8.15. The first-order valence-electron chi connectivity index (χ1n) is 9.82. The molecule has 0 radical (unpaired) electrons. The molecule has 1 atom stereocenters. The lowest BCUT2D eigenvalue weighted by atomic mass is 10.1. The Morgan fingerprint density at radius 2 is 1.90 bits per heavy atom. The molecule has 3 rings (SSSR count). The lowest BCUT2D eigenvalue weighted by Crippen LogP contribution is -2.29. The topological polar surface area (TPSA) is 78.5 Å². The van der Waals surface area contributed by atoms with E-state index >= 15 is 0 Å². The van der Waals surface area contributed by atoms with Crippen molar-refractivity contribution in [2.24, 2.45) is 5.92 Å². The van der Waals surface area contributed by atoms with Crippen molar-refractivity contribution >= 4 is 45.0 Å². The number of anilines is 2. The van der Waals surface area contributed by atoms with Gasteiger partial charge >= 0.3 is 0 Å². The van der Waals surface area contributed by atoms with Gasteiger partial charge < -0.3 is 15.5 Å². The number of nitrogens with zero attached hydrogens (tertiary/aromatic N) is 1. The number of hydrogen-bond acceptors (Lipinski definition) is 3. The molecule has 0 unspecified atom stereocenters. The minimum Gasteiger partial charge on any atom is -0.342 e. The summed E-state index contributed by atoms with van der Waals surface area (Å²) in [7, 11) is 0. The van der Waals surface area contributed by atoms with Crippen LogP contribution in [0, 0.1) is 11.7 Å². The Bertz CT molecular complexity index is 949. The highest BCUT2D eigenvalue weighted by atomic mass is 79.9. The first kappa shape index (κ1) is 22.0. The van der Waals surface area contributed by atoms with Crippen molar-refractivity contribution in [3.8, 4) is 0 Å². The molecule has 1 heterocycles. The molecule has 0 aliphatic carbocycles. The zero-order valence-corrected chi connectivity index (χ0v) is 18.2. The summed E-state index contributed by atoms with van der Waals surface area (Å²) in [5.74, 6) is -1.58. The molecule has 6 nitrogen and oxygen atoms in total. The van der Waals surface area contributed by atoms with Crippen LogP contribution in [0.2, 0.25) is 0 Å². The molecule has 0 saturated carbocycles. The van der Waals surface area contributed by atoms with Crippen molar-refractivity contribution in [2.45, 2.75) is 26.2 Å². The molecule has 0 aromatic heterocycles. The van der Waals surface area contributed by atoms with E-state index in [-0.39, 0.29) is 29.8 Å². The standard InChI is InChI=1S/C22H23BrFN3O3/c1-2-3-10-27-13-15(11-20(27)28)22(30)25-17-7-4-14(5-8-17)21(29)26-19-9-6-16(23)12-18(19)24/h4-9,12,15H,2-3,10-11,13H2,1H3,(H,25,30)(H,26,29)/t15-/m0/s1. The predicted molar refractivity (Wildman–Crippen MR) is 117 cm³/mol. The van der Waals surface area contributed by atoms with E-state index in [9.17, 15) is 18.8 Å². The molecule has 2 aromatic carbocycles. The van der Waals surface area contributed by atoms with Crippen LogP contribution in [-0.4, -0.2) is 35.7 Å². The van der Waals surface area contributed by atoms with Gasteiger partial charge in [0.05, 0.1) is 11.6 Å². The van der Waals surface area contributed by atoms with Gasteiger partial charge in [-0.05, 0) is 48.9 Å². The van der Waals surface area contributed by atoms with E-state index in [1.807, 2.05) is 0 Å². The number of benzene rings is 2. The summed E-state index contributed by atoms with van der Waals surface area (Å²) in [4.78, 5) is 38.6. The van der Waals surface area contributed by atoms with Crippen LogP contribution in [0.3, 0.4) is 0 Å². The maximum absolute atomic E-state index is 13.9. The van der Waals surface area contributed by atoms with Crippen LogP contribution >= 0.6 is 15.9 Å². The first-order chi connectivity index (χ1) is 14.4. The van der Waals surface area contributed by atoms with Gasteiger partial charge in [-0.15, -0.1) is 0 Å². The molecule has 30 heavy (non-hydrogen) atoms. The third-order valence-corrected chi connectivity index (χ3v) is 5.45. The average molecular weight is 476 g/mol. The second-order valence-electron chi connectivity index (χ2n) is 7.24. The number of unbranched alkanes of at least 4 members (excludes halogenated alkanes) is 1. The van der Waals surface area contributed by atoms with Gasteiger partial charge in [0, 0.05) is 35.2 Å². The SMILES string of the molecule is CCCCN1C[C@@H](C(=O)Nc2ccc(C(=O)Nc3ccc(Br)cc3F)cc2)CC1=O. The van der Waals surface area contributed by atoms with Crippen molar-refractivity contribution in [1.82, 2.24) is 4.90 Å². The van der Waals surface area contributed by atoms with Crippen LogP contribution in [0.25, 0.3) is 0 Å². The van der Waals surface area contributed by atoms with E-state index < -0.39 is 11.7 Å². The fourth-order valence-corrected chi connectivity index (χ4v) is 3.58. The fourth-order valence-electron chi connectivity index (χ4n) is 3.25. The summed E-state index contributed by atoms with van der Waals surface area (Å²) in [6, 6.07) is 10.7. The molecule has 2 N–H and O–H groups in total. The summed E-state index contributed by atoms with van der Waals surface area (Å²) in [6.07, 6.45) is 2.14. The Labute approximate surface area is 183 Å². The van der Waals surface area contributed by atoms with Gasteiger partial charge in [-0.2, -0.15) is 0 Å². The smallest absolute Gasteiger partial charge is 0.255 e. The molecule has 158 valence electrons. The Morgan fingerprint density at radius 1 is 1.17 bits per heavy atom. The molecular formula is C22H23BrFN3O3. The number of carbonyl (C=O) groups is 3. The van der Waals surface area contributed by atoms with Crippen molar-refractivity contribution < 1.29 is 18.8 Å². The number of rotatable bonds is 7. The third-order valence-electron chi connectivity index (χ3n) is 4.96. The molecule has 1 saturated heterocycles. The van der Waals surface area contributed by atoms with Crippen molar-refractivity contribution in [3.05, 3.63) is 58.3 Å². The molecule has 1 aliphatic rings. The number of halogens is 2. The highest BCUT2D eigenvalue weighted by molar-refractivity contribution is 9.10. The fraction of sp³-hybridized carbons (Fsp3) is 0.318. The van der Waals surface area contributed by atoms with Crippen LogP contribution in [-0.2, 0) is 9.59 Å². The van der Waals surface area contributed by atoms with Gasteiger partial charge in [-0.1, -0.05) is 29.3 Å². The zero-order chi connectivity index (χ0) is 21.7. The van der Waals surface area contributed by atoms with Gasteiger partial charge in [-0.3, -0.25) is 14.4 Å². The zero-order valence-electron chi connectivity index (χ0n) is 16.6. The number of likely N-dealkylation sites (tertiary alicyclic amines) is 1. The number of amides is 3. The minimum atomic E-state index is -0.541. The van der Waals surface area contributed by atoms with E-state index in [1.54, 1.807) is 35.2 Å². The predicted octanol–water partition coefficient (Wildman–Crippen LogP) is 4.43. The van der Waals surface area contributed by atoms with Gasteiger partial charge in [0.25, 0.3) is 5.91 Å². The highest BCUT2D eigenvalue weighted by Gasteiger charge is 2.33. The number of nitrogens with one attached hydrogen (secondary N) is 2. The molecule has 1 aliphatic heterocycles. The molecule has 3 amide bonds. The van der Waals surface area contributed by atoms with Crippen LogP contribution in [0.5, 0.6) is 0 Å². The first-order valence-corrected chi connectivity index (χ1v) is 10.6. The maximum Gasteiger partial charge on any atom is 0.255 e. The lowest BCUT2D eigenvalue weighted by molar-refractivity contribution is -0.128. The van der Waals surface area contributed by atoms with Gasteiger partial charge in [0.2, 0.25) is 11.8 Å². The normalized spacial score (nSPS) is 15.9. The van der Waals surface area contributed by atoms with Gasteiger partial charge in [0.15, 0.2) is 0 Å². The summed E-state index contributed by atoms with van der Waals surface area (Å²) in [5.41, 5.74) is 0.946. The third kappa shape index (κ3) is 5.44. The number of carbonyl (C=O) groups excluding carboxylic acids is 3. The monoisotopic (exact) mass is 475 g/mol. The Morgan fingerprint density at radius 3 is 2.57 bits per heavy atom. The molecule has 2 aromatic rings. The van der Waals surface area contributed by atoms with E-state index in [4.69, 9.17) is 0 Å². The molecular weight excluding hydrogens is 453 g/mol. The largest absolute Gasteiger partial charge is 0.342 e. The minimum absolute atomic E-state index is 0.00999. The number of hydrogen-bond donors (Lipinski definition) is 2. The Kier molecular flexibility index (Phi) is 7.20. The van der Waals surface area contributed by atoms with Crippen molar-refractivity contribution in [3.63, 3.8) is 0 Å². The molecule has 0 bridgehead atoms. The Balaban J connectivity index is 1.57. The summed E-state index contributed by atoms with van der Waals surface area (Å²) < 4.78 is 14.5. The van der Waals surface area contributed by atoms with E-state index in [0.29, 0.717) is 28.8 Å². The van der Waals surface area contributed by atoms with E-state index in [0.717, 1.165) is 12.8 Å². The van der Waals surface area contributed by atoms with Crippen LogP contribution < -0.4 is 10.6 Å². The highest BCUT2D eigenvalue weighted by Crippen LogP contribution is 2.22. The van der Waals surface area contributed by atoms with Crippen molar-refractivity contribution in [1.29, 1.82) is 0 Å². The van der Waals surface area contributed by atoms with Crippen molar-refractivity contribution in [2.75, 3.05) is 23.7 Å². The molecule has 1 fully saturated rings. The van der Waals surface area contributed by atoms with Crippen LogP contribution in [0.15, 0.2) is 46.9 Å². The quantitative estimate of drug-likeness (QED) is 0.621. The second kappa shape index (κ2) is 9.84. The lowest BCUT2D eigenvalue weighted by Gasteiger charge is -2.16. The molecule has 8 heteroatoms. The molecule has 0 spiro atoms. The van der Waals surface area contributed by atoms with Gasteiger partial charge in [-0.25, -0.2) is 4.39 Å². The van der Waals surface area contributed by atoms with Crippen LogP contribution in [0.1, 0.15) is 36.5 Å².